The Balaban J connectivity index is 1.96. The maximum atomic E-state index is 12.9. The summed E-state index contributed by atoms with van der Waals surface area (Å²) in [5.74, 6) is 0.364. The van der Waals surface area contributed by atoms with Crippen molar-refractivity contribution in [2.75, 3.05) is 4.72 Å². The summed E-state index contributed by atoms with van der Waals surface area (Å²) in [6.45, 7) is 3.19. The fourth-order valence-corrected chi connectivity index (χ4v) is 4.57. The van der Waals surface area contributed by atoms with Crippen LogP contribution >= 0.6 is 11.6 Å². The lowest BCUT2D eigenvalue weighted by Crippen LogP contribution is -2.13. The van der Waals surface area contributed by atoms with E-state index < -0.39 is 10.0 Å². The minimum atomic E-state index is -3.84. The molecule has 0 bridgehead atoms. The van der Waals surface area contributed by atoms with Crippen molar-refractivity contribution < 1.29 is 17.6 Å². The molecule has 0 saturated heterocycles. The summed E-state index contributed by atoms with van der Waals surface area (Å²) in [6.07, 6.45) is 0. The van der Waals surface area contributed by atoms with E-state index in [0.29, 0.717) is 38.4 Å². The molecule has 0 amide bonds. The molecule has 142 valence electrons. The number of sulfonamides is 1. The Hall–Kier alpha value is -2.83. The number of rotatable bonds is 4. The number of Topliss-reactive ketones (excluding diaryl/α,β-unsaturated/α-hetero) is 1. The predicted molar refractivity (Wildman–Crippen MR) is 111 cm³/mol. The van der Waals surface area contributed by atoms with Gasteiger partial charge in [0.15, 0.2) is 5.78 Å². The van der Waals surface area contributed by atoms with Crippen LogP contribution in [0.25, 0.3) is 21.7 Å². The molecule has 0 aliphatic heterocycles. The van der Waals surface area contributed by atoms with Crippen LogP contribution in [0.1, 0.15) is 23.0 Å². The van der Waals surface area contributed by atoms with Gasteiger partial charge < -0.3 is 4.42 Å². The average molecular weight is 414 g/mol. The molecular formula is C21H16ClNO4S. The molecule has 4 aromatic rings. The van der Waals surface area contributed by atoms with Gasteiger partial charge in [-0.05, 0) is 44.2 Å². The van der Waals surface area contributed by atoms with Crippen molar-refractivity contribution in [2.45, 2.75) is 18.7 Å². The quantitative estimate of drug-likeness (QED) is 0.445. The normalized spacial score (nSPS) is 11.8. The van der Waals surface area contributed by atoms with Crippen LogP contribution in [-0.2, 0) is 10.0 Å². The van der Waals surface area contributed by atoms with Crippen molar-refractivity contribution >= 4 is 54.8 Å². The van der Waals surface area contributed by atoms with Crippen LogP contribution in [0.2, 0.25) is 5.02 Å². The van der Waals surface area contributed by atoms with Crippen molar-refractivity contribution in [1.29, 1.82) is 0 Å². The summed E-state index contributed by atoms with van der Waals surface area (Å²) in [4.78, 5) is 12.2. The highest BCUT2D eigenvalue weighted by molar-refractivity contribution is 7.92. The van der Waals surface area contributed by atoms with E-state index in [2.05, 4.69) is 4.72 Å². The van der Waals surface area contributed by atoms with E-state index in [0.717, 1.165) is 5.39 Å². The monoisotopic (exact) mass is 413 g/mol. The Kier molecular flexibility index (Phi) is 4.40. The van der Waals surface area contributed by atoms with Crippen molar-refractivity contribution in [3.63, 3.8) is 0 Å². The first-order chi connectivity index (χ1) is 13.3. The van der Waals surface area contributed by atoms with E-state index in [1.54, 1.807) is 19.1 Å². The lowest BCUT2D eigenvalue weighted by molar-refractivity contribution is 0.101. The number of anilines is 1. The van der Waals surface area contributed by atoms with Crippen LogP contribution in [0.15, 0.2) is 63.9 Å². The standard InChI is InChI=1S/C21H16ClNO4S/c1-12(24)20-13(2)27-21-17-6-4-3-5-16(17)19(11-18(20)21)23-28(25,26)15-9-7-14(22)8-10-15/h3-11,23H,1-2H3. The molecule has 0 radical (unpaired) electrons. The molecule has 0 unspecified atom stereocenters. The fourth-order valence-electron chi connectivity index (χ4n) is 3.38. The lowest BCUT2D eigenvalue weighted by Gasteiger charge is -2.12. The molecule has 0 atom stereocenters. The summed E-state index contributed by atoms with van der Waals surface area (Å²) in [7, 11) is -3.84. The van der Waals surface area contributed by atoms with Crippen molar-refractivity contribution in [3.05, 3.63) is 70.9 Å². The summed E-state index contributed by atoms with van der Waals surface area (Å²) in [6, 6.07) is 14.9. The predicted octanol–water partition coefficient (Wildman–Crippen LogP) is 5.55. The SMILES string of the molecule is CC(=O)c1c(C)oc2c1cc(NS(=O)(=O)c1ccc(Cl)cc1)c1ccccc12. The summed E-state index contributed by atoms with van der Waals surface area (Å²) in [5.41, 5.74) is 1.39. The minimum absolute atomic E-state index is 0.0937. The van der Waals surface area contributed by atoms with E-state index >= 15 is 0 Å². The second kappa shape index (κ2) is 6.65. The largest absolute Gasteiger partial charge is 0.460 e. The first kappa shape index (κ1) is 18.5. The molecule has 1 aromatic heterocycles. The number of benzene rings is 3. The Morgan fingerprint density at radius 3 is 2.29 bits per heavy atom. The van der Waals surface area contributed by atoms with Gasteiger partial charge in [0, 0.05) is 21.2 Å². The average Bonchev–Trinajstić information content (AvgIpc) is 2.98. The smallest absolute Gasteiger partial charge is 0.261 e. The number of aryl methyl sites for hydroxylation is 1. The van der Waals surface area contributed by atoms with Crippen molar-refractivity contribution in [3.8, 4) is 0 Å². The molecule has 0 saturated carbocycles. The molecular weight excluding hydrogens is 398 g/mol. The number of hydrogen-bond acceptors (Lipinski definition) is 4. The van der Waals surface area contributed by atoms with Crippen LogP contribution in [-0.4, -0.2) is 14.2 Å². The van der Waals surface area contributed by atoms with Gasteiger partial charge in [-0.3, -0.25) is 9.52 Å². The van der Waals surface area contributed by atoms with Gasteiger partial charge in [-0.25, -0.2) is 8.42 Å². The van der Waals surface area contributed by atoms with E-state index in [1.807, 2.05) is 18.2 Å². The van der Waals surface area contributed by atoms with E-state index in [9.17, 15) is 13.2 Å². The molecule has 0 aliphatic rings. The van der Waals surface area contributed by atoms with Gasteiger partial charge in [-0.1, -0.05) is 35.9 Å². The number of nitrogens with one attached hydrogen (secondary N) is 1. The second-order valence-corrected chi connectivity index (χ2v) is 8.61. The molecule has 7 heteroatoms. The maximum Gasteiger partial charge on any atom is 0.261 e. The lowest BCUT2D eigenvalue weighted by atomic mass is 10.0. The molecule has 1 N–H and O–H groups in total. The second-order valence-electron chi connectivity index (χ2n) is 6.50. The van der Waals surface area contributed by atoms with Gasteiger partial charge in [0.05, 0.1) is 16.1 Å². The number of hydrogen-bond donors (Lipinski definition) is 1. The van der Waals surface area contributed by atoms with Crippen LogP contribution in [0.3, 0.4) is 0 Å². The first-order valence-corrected chi connectivity index (χ1v) is 10.4. The Bertz CT molecular complexity index is 1340. The van der Waals surface area contributed by atoms with Gasteiger partial charge in [-0.2, -0.15) is 0 Å². The van der Waals surface area contributed by atoms with Crippen LogP contribution in [0, 0.1) is 6.92 Å². The summed E-state index contributed by atoms with van der Waals surface area (Å²) in [5, 5.41) is 2.43. The third kappa shape index (κ3) is 3.04. The minimum Gasteiger partial charge on any atom is -0.460 e. The zero-order valence-electron chi connectivity index (χ0n) is 15.1. The van der Waals surface area contributed by atoms with Gasteiger partial charge in [0.1, 0.15) is 11.3 Å². The number of carbonyl (C=O) groups excluding carboxylic acids is 1. The number of carbonyl (C=O) groups is 1. The van der Waals surface area contributed by atoms with Gasteiger partial charge in [0.25, 0.3) is 10.0 Å². The molecule has 5 nitrogen and oxygen atoms in total. The Morgan fingerprint density at radius 2 is 1.64 bits per heavy atom. The van der Waals surface area contributed by atoms with Gasteiger partial charge >= 0.3 is 0 Å². The molecule has 3 aromatic carbocycles. The molecule has 1 heterocycles. The Morgan fingerprint density at radius 1 is 1.00 bits per heavy atom. The number of fused-ring (bicyclic) bond motifs is 3. The summed E-state index contributed by atoms with van der Waals surface area (Å²) < 4.78 is 34.2. The molecule has 0 spiro atoms. The maximum absolute atomic E-state index is 12.9. The third-order valence-corrected chi connectivity index (χ3v) is 6.23. The molecule has 4 rings (SSSR count). The fraction of sp³-hybridized carbons (Fsp3) is 0.0952. The van der Waals surface area contributed by atoms with Gasteiger partial charge in [-0.15, -0.1) is 0 Å². The van der Waals surface area contributed by atoms with Crippen molar-refractivity contribution in [2.24, 2.45) is 0 Å². The van der Waals surface area contributed by atoms with Crippen LogP contribution in [0.4, 0.5) is 5.69 Å². The zero-order chi connectivity index (χ0) is 20.1. The van der Waals surface area contributed by atoms with Crippen molar-refractivity contribution in [1.82, 2.24) is 0 Å². The zero-order valence-corrected chi connectivity index (χ0v) is 16.7. The highest BCUT2D eigenvalue weighted by atomic mass is 35.5. The van der Waals surface area contributed by atoms with Crippen LogP contribution < -0.4 is 4.72 Å². The number of halogens is 1. The van der Waals surface area contributed by atoms with E-state index in [1.165, 1.54) is 31.2 Å². The number of furan rings is 1. The highest BCUT2D eigenvalue weighted by Gasteiger charge is 2.21. The van der Waals surface area contributed by atoms with E-state index in [-0.39, 0.29) is 10.7 Å². The third-order valence-electron chi connectivity index (χ3n) is 4.59. The highest BCUT2D eigenvalue weighted by Crippen LogP contribution is 2.37. The van der Waals surface area contributed by atoms with Crippen LogP contribution in [0.5, 0.6) is 0 Å². The molecule has 0 fully saturated rings. The first-order valence-electron chi connectivity index (χ1n) is 8.52. The van der Waals surface area contributed by atoms with E-state index in [4.69, 9.17) is 16.0 Å². The topological polar surface area (TPSA) is 76.4 Å². The summed E-state index contributed by atoms with van der Waals surface area (Å²) >= 11 is 5.86. The molecule has 0 aliphatic carbocycles. The Labute approximate surface area is 167 Å². The molecule has 28 heavy (non-hydrogen) atoms. The van der Waals surface area contributed by atoms with Gasteiger partial charge in [0.2, 0.25) is 0 Å². The number of ketones is 1.